The molecular weight excluding hydrogens is 176 g/mol. The Morgan fingerprint density at radius 2 is 1.79 bits per heavy atom. The van der Waals surface area contributed by atoms with E-state index in [2.05, 4.69) is 13.8 Å². The molecule has 2 N–H and O–H groups in total. The summed E-state index contributed by atoms with van der Waals surface area (Å²) in [7, 11) is 0. The molecule has 0 bridgehead atoms. The minimum Gasteiger partial charge on any atom is -0.340 e. The van der Waals surface area contributed by atoms with E-state index in [1.807, 2.05) is 25.7 Å². The van der Waals surface area contributed by atoms with Gasteiger partial charge in [0.05, 0.1) is 6.04 Å². The monoisotopic (exact) mass is 198 g/mol. The van der Waals surface area contributed by atoms with Crippen LogP contribution >= 0.6 is 0 Å². The first-order valence-corrected chi connectivity index (χ1v) is 5.18. The van der Waals surface area contributed by atoms with Crippen molar-refractivity contribution >= 4 is 5.91 Å². The molecule has 0 unspecified atom stereocenters. The Labute approximate surface area is 86.6 Å². The van der Waals surface area contributed by atoms with E-state index in [1.165, 1.54) is 0 Å². The molecule has 14 heavy (non-hydrogen) atoms. The highest BCUT2D eigenvalue weighted by atomic mass is 16.2. The average molecular weight is 198 g/mol. The summed E-state index contributed by atoms with van der Waals surface area (Å²) >= 11 is 0. The largest absolute Gasteiger partial charge is 0.340 e. The fraction of sp³-hybridized carbons (Fsp3) is 0.909. The van der Waals surface area contributed by atoms with Crippen molar-refractivity contribution in [1.29, 1.82) is 0 Å². The number of hydrogen-bond donors (Lipinski definition) is 1. The van der Waals surface area contributed by atoms with E-state index in [1.54, 1.807) is 0 Å². The summed E-state index contributed by atoms with van der Waals surface area (Å²) in [6.45, 7) is 12.0. The van der Waals surface area contributed by atoms with Gasteiger partial charge in [-0.1, -0.05) is 34.6 Å². The van der Waals surface area contributed by atoms with Crippen molar-refractivity contribution in [2.45, 2.75) is 40.7 Å². The number of hydrogen-bond acceptors (Lipinski definition) is 2. The van der Waals surface area contributed by atoms with Crippen LogP contribution in [0.4, 0.5) is 0 Å². The van der Waals surface area contributed by atoms with Crippen molar-refractivity contribution in [3.8, 4) is 0 Å². The van der Waals surface area contributed by atoms with E-state index < -0.39 is 0 Å². The quantitative estimate of drug-likeness (QED) is 0.689. The van der Waals surface area contributed by atoms with Crippen LogP contribution in [0.5, 0.6) is 0 Å². The van der Waals surface area contributed by atoms with Crippen molar-refractivity contribution in [3.63, 3.8) is 0 Å². The molecule has 0 saturated carbocycles. The maximum Gasteiger partial charge on any atom is 0.240 e. The van der Waals surface area contributed by atoms with Crippen LogP contribution in [0, 0.1) is 10.8 Å². The first kappa shape index (κ1) is 11.5. The topological polar surface area (TPSA) is 46.3 Å². The van der Waals surface area contributed by atoms with Gasteiger partial charge in [-0.05, 0) is 10.8 Å². The summed E-state index contributed by atoms with van der Waals surface area (Å²) in [6, 6.07) is -0.376. The van der Waals surface area contributed by atoms with Crippen LogP contribution in [0.1, 0.15) is 34.6 Å². The average Bonchev–Trinajstić information content (AvgIpc) is 1.95. The predicted molar refractivity (Wildman–Crippen MR) is 57.8 cm³/mol. The van der Waals surface area contributed by atoms with Crippen LogP contribution in [0.15, 0.2) is 0 Å². The highest BCUT2D eigenvalue weighted by molar-refractivity contribution is 5.83. The molecule has 1 amide bonds. The zero-order valence-corrected chi connectivity index (χ0v) is 9.92. The Balaban J connectivity index is 2.53. The van der Waals surface area contributed by atoms with Gasteiger partial charge in [0.25, 0.3) is 0 Å². The minimum atomic E-state index is -0.376. The number of carbonyl (C=O) groups excluding carboxylic acids is 1. The second kappa shape index (κ2) is 3.23. The standard InChI is InChI=1S/C11H22N2O/c1-10(2,3)8(12)9(14)13-6-11(4,5)7-13/h8H,6-7,12H2,1-5H3/t8-/m0/s1. The summed E-state index contributed by atoms with van der Waals surface area (Å²) in [4.78, 5) is 13.7. The fourth-order valence-electron chi connectivity index (χ4n) is 1.71. The normalized spacial score (nSPS) is 22.9. The van der Waals surface area contributed by atoms with Crippen LogP contribution in [0.3, 0.4) is 0 Å². The molecule has 0 spiro atoms. The lowest BCUT2D eigenvalue weighted by Crippen LogP contribution is -2.61. The Kier molecular flexibility index (Phi) is 2.65. The lowest BCUT2D eigenvalue weighted by molar-refractivity contribution is -0.145. The second-order valence-corrected chi connectivity index (χ2v) is 6.20. The van der Waals surface area contributed by atoms with Crippen LogP contribution < -0.4 is 5.73 Å². The molecule has 1 saturated heterocycles. The molecule has 1 rings (SSSR count). The highest BCUT2D eigenvalue weighted by Gasteiger charge is 2.41. The molecule has 0 aromatic carbocycles. The number of amides is 1. The van der Waals surface area contributed by atoms with Gasteiger partial charge >= 0.3 is 0 Å². The Morgan fingerprint density at radius 3 is 2.07 bits per heavy atom. The molecule has 1 fully saturated rings. The molecule has 0 aliphatic carbocycles. The maximum atomic E-state index is 11.9. The summed E-state index contributed by atoms with van der Waals surface area (Å²) < 4.78 is 0. The molecule has 82 valence electrons. The minimum absolute atomic E-state index is 0.0943. The molecule has 1 aliphatic rings. The first-order chi connectivity index (χ1) is 6.13. The van der Waals surface area contributed by atoms with Crippen LogP contribution in [-0.4, -0.2) is 29.9 Å². The van der Waals surface area contributed by atoms with Gasteiger partial charge in [0.2, 0.25) is 5.91 Å². The van der Waals surface area contributed by atoms with E-state index in [-0.39, 0.29) is 22.8 Å². The lowest BCUT2D eigenvalue weighted by Gasteiger charge is -2.47. The highest BCUT2D eigenvalue weighted by Crippen LogP contribution is 2.30. The van der Waals surface area contributed by atoms with Gasteiger partial charge in [0.1, 0.15) is 0 Å². The Morgan fingerprint density at radius 1 is 1.36 bits per heavy atom. The Hall–Kier alpha value is -0.570. The molecule has 3 heteroatoms. The van der Waals surface area contributed by atoms with E-state index in [4.69, 9.17) is 5.73 Å². The fourth-order valence-corrected chi connectivity index (χ4v) is 1.71. The van der Waals surface area contributed by atoms with Gasteiger partial charge < -0.3 is 10.6 Å². The summed E-state index contributed by atoms with van der Waals surface area (Å²) in [5.41, 5.74) is 6.04. The van der Waals surface area contributed by atoms with Crippen molar-refractivity contribution in [2.75, 3.05) is 13.1 Å². The Bertz CT molecular complexity index is 232. The molecule has 3 nitrogen and oxygen atoms in total. The smallest absolute Gasteiger partial charge is 0.240 e. The van der Waals surface area contributed by atoms with E-state index in [9.17, 15) is 4.79 Å². The van der Waals surface area contributed by atoms with Crippen LogP contribution in [-0.2, 0) is 4.79 Å². The van der Waals surface area contributed by atoms with Gasteiger partial charge in [-0.15, -0.1) is 0 Å². The van der Waals surface area contributed by atoms with Crippen LogP contribution in [0.2, 0.25) is 0 Å². The third-order valence-electron chi connectivity index (χ3n) is 2.75. The van der Waals surface area contributed by atoms with Crippen molar-refractivity contribution in [2.24, 2.45) is 16.6 Å². The number of nitrogens with two attached hydrogens (primary N) is 1. The van der Waals surface area contributed by atoms with E-state index in [0.717, 1.165) is 13.1 Å². The third-order valence-corrected chi connectivity index (χ3v) is 2.75. The third kappa shape index (κ3) is 2.27. The number of nitrogens with zero attached hydrogens (tertiary/aromatic N) is 1. The first-order valence-electron chi connectivity index (χ1n) is 5.18. The van der Waals surface area contributed by atoms with Gasteiger partial charge in [0.15, 0.2) is 0 Å². The molecular formula is C11H22N2O. The molecule has 0 aromatic rings. The van der Waals surface area contributed by atoms with Crippen LogP contribution in [0.25, 0.3) is 0 Å². The SMILES string of the molecule is CC1(C)CN(C(=O)[C@H](N)C(C)(C)C)C1. The van der Waals surface area contributed by atoms with Gasteiger partial charge in [-0.2, -0.15) is 0 Å². The summed E-state index contributed by atoms with van der Waals surface area (Å²) in [6.07, 6.45) is 0. The zero-order valence-electron chi connectivity index (χ0n) is 9.92. The zero-order chi connectivity index (χ0) is 11.1. The van der Waals surface area contributed by atoms with Crippen molar-refractivity contribution < 1.29 is 4.79 Å². The van der Waals surface area contributed by atoms with Gasteiger partial charge in [-0.25, -0.2) is 0 Å². The van der Waals surface area contributed by atoms with E-state index in [0.29, 0.717) is 0 Å². The van der Waals surface area contributed by atoms with Gasteiger partial charge in [-0.3, -0.25) is 4.79 Å². The molecule has 0 aromatic heterocycles. The number of carbonyl (C=O) groups is 1. The van der Waals surface area contributed by atoms with Crippen molar-refractivity contribution in [1.82, 2.24) is 4.90 Å². The summed E-state index contributed by atoms with van der Waals surface area (Å²) in [5, 5.41) is 0. The molecule has 1 atom stereocenters. The van der Waals surface area contributed by atoms with E-state index >= 15 is 0 Å². The molecule has 1 heterocycles. The van der Waals surface area contributed by atoms with Crippen molar-refractivity contribution in [3.05, 3.63) is 0 Å². The number of rotatable bonds is 1. The predicted octanol–water partition coefficient (Wildman–Crippen LogP) is 1.23. The number of likely N-dealkylation sites (tertiary alicyclic amines) is 1. The van der Waals surface area contributed by atoms with Gasteiger partial charge in [0, 0.05) is 13.1 Å². The second-order valence-electron chi connectivity index (χ2n) is 6.20. The molecule has 0 radical (unpaired) electrons. The lowest BCUT2D eigenvalue weighted by atomic mass is 9.81. The summed E-state index contributed by atoms with van der Waals surface area (Å²) in [5.74, 6) is 0.0943. The molecule has 1 aliphatic heterocycles. The maximum absolute atomic E-state index is 11.9.